The predicted molar refractivity (Wildman–Crippen MR) is 87.0 cm³/mol. The first-order valence-corrected chi connectivity index (χ1v) is 7.72. The number of halogens is 3. The Balaban J connectivity index is 2.47. The Morgan fingerprint density at radius 1 is 1.08 bits per heavy atom. The van der Waals surface area contributed by atoms with Gasteiger partial charge in [-0.3, -0.25) is 0 Å². The fourth-order valence-corrected chi connectivity index (χ4v) is 1.80. The molecular formula is C16H24F3N3O2. The van der Waals surface area contributed by atoms with Crippen LogP contribution >= 0.6 is 0 Å². The van der Waals surface area contributed by atoms with Crippen molar-refractivity contribution in [1.29, 1.82) is 0 Å². The van der Waals surface area contributed by atoms with Crippen molar-refractivity contribution in [3.8, 4) is 0 Å². The third-order valence-electron chi connectivity index (χ3n) is 3.02. The van der Waals surface area contributed by atoms with Crippen molar-refractivity contribution in [2.24, 2.45) is 4.99 Å². The van der Waals surface area contributed by atoms with Gasteiger partial charge in [0.25, 0.3) is 0 Å². The first-order chi connectivity index (χ1) is 11.5. The van der Waals surface area contributed by atoms with Gasteiger partial charge in [-0.05, 0) is 24.6 Å². The Hall–Kier alpha value is -1.80. The summed E-state index contributed by atoms with van der Waals surface area (Å²) in [4.78, 5) is 4.34. The largest absolute Gasteiger partial charge is 0.416 e. The maximum Gasteiger partial charge on any atom is 0.416 e. The lowest BCUT2D eigenvalue weighted by Crippen LogP contribution is -2.39. The highest BCUT2D eigenvalue weighted by Crippen LogP contribution is 2.29. The van der Waals surface area contributed by atoms with Gasteiger partial charge in [-0.15, -0.1) is 0 Å². The SMILES string of the molecule is CCNC(=NCc1ccc(C(F)(F)F)cc1)NCCOCCOC. The van der Waals surface area contributed by atoms with E-state index < -0.39 is 11.7 Å². The van der Waals surface area contributed by atoms with Gasteiger partial charge in [0.1, 0.15) is 0 Å². The Bertz CT molecular complexity index is 490. The molecule has 24 heavy (non-hydrogen) atoms. The van der Waals surface area contributed by atoms with Crippen molar-refractivity contribution in [3.63, 3.8) is 0 Å². The second-order valence-corrected chi connectivity index (χ2v) is 4.92. The first-order valence-electron chi connectivity index (χ1n) is 7.72. The van der Waals surface area contributed by atoms with Gasteiger partial charge in [-0.25, -0.2) is 4.99 Å². The van der Waals surface area contributed by atoms with E-state index >= 15 is 0 Å². The molecule has 0 unspecified atom stereocenters. The van der Waals surface area contributed by atoms with Crippen molar-refractivity contribution in [2.75, 3.05) is 40.0 Å². The number of ether oxygens (including phenoxy) is 2. The lowest BCUT2D eigenvalue weighted by Gasteiger charge is -2.12. The maximum atomic E-state index is 12.5. The fraction of sp³-hybridized carbons (Fsp3) is 0.562. The summed E-state index contributed by atoms with van der Waals surface area (Å²) in [6.45, 7) is 5.06. The number of aliphatic imine (C=N–C) groups is 1. The normalized spacial score (nSPS) is 12.3. The van der Waals surface area contributed by atoms with E-state index in [1.165, 1.54) is 12.1 Å². The van der Waals surface area contributed by atoms with E-state index in [0.29, 0.717) is 44.4 Å². The number of nitrogens with one attached hydrogen (secondary N) is 2. The van der Waals surface area contributed by atoms with Crippen LogP contribution in [0, 0.1) is 0 Å². The molecule has 0 fully saturated rings. The molecule has 1 aromatic rings. The van der Waals surface area contributed by atoms with Crippen LogP contribution in [-0.4, -0.2) is 46.0 Å². The highest BCUT2D eigenvalue weighted by Gasteiger charge is 2.29. The molecule has 0 heterocycles. The van der Waals surface area contributed by atoms with Crippen LogP contribution in [-0.2, 0) is 22.2 Å². The van der Waals surface area contributed by atoms with Crippen LogP contribution in [0.15, 0.2) is 29.3 Å². The molecule has 0 radical (unpaired) electrons. The van der Waals surface area contributed by atoms with Gasteiger partial charge in [-0.2, -0.15) is 13.2 Å². The Kier molecular flexibility index (Phi) is 9.18. The van der Waals surface area contributed by atoms with Crippen molar-refractivity contribution >= 4 is 5.96 Å². The standard InChI is InChI=1S/C16H24F3N3O2/c1-3-20-15(21-8-9-24-11-10-23-2)22-12-13-4-6-14(7-5-13)16(17,18)19/h4-7H,3,8-12H2,1-2H3,(H2,20,21,22). The zero-order valence-electron chi connectivity index (χ0n) is 13.9. The summed E-state index contributed by atoms with van der Waals surface area (Å²) >= 11 is 0. The molecule has 0 aliphatic heterocycles. The molecule has 0 spiro atoms. The zero-order valence-corrected chi connectivity index (χ0v) is 13.9. The third kappa shape index (κ3) is 8.16. The Morgan fingerprint density at radius 2 is 1.79 bits per heavy atom. The molecule has 8 heteroatoms. The minimum Gasteiger partial charge on any atom is -0.382 e. The summed E-state index contributed by atoms with van der Waals surface area (Å²) in [5.41, 5.74) is 0.0463. The molecule has 0 atom stereocenters. The predicted octanol–water partition coefficient (Wildman–Crippen LogP) is 2.42. The summed E-state index contributed by atoms with van der Waals surface area (Å²) in [5, 5.41) is 6.17. The van der Waals surface area contributed by atoms with Gasteiger partial charge < -0.3 is 20.1 Å². The molecular weight excluding hydrogens is 323 g/mol. The van der Waals surface area contributed by atoms with Crippen LogP contribution in [0.5, 0.6) is 0 Å². The second kappa shape index (κ2) is 10.9. The molecule has 0 aliphatic rings. The topological polar surface area (TPSA) is 54.9 Å². The second-order valence-electron chi connectivity index (χ2n) is 4.92. The summed E-state index contributed by atoms with van der Waals surface area (Å²) in [6, 6.07) is 5.00. The molecule has 0 aliphatic carbocycles. The average Bonchev–Trinajstić information content (AvgIpc) is 2.55. The molecule has 136 valence electrons. The van der Waals surface area contributed by atoms with Crippen LogP contribution in [0.4, 0.5) is 13.2 Å². The molecule has 0 saturated carbocycles. The molecule has 1 rings (SSSR count). The number of alkyl halides is 3. The first kappa shape index (κ1) is 20.2. The van der Waals surface area contributed by atoms with Crippen molar-refractivity contribution in [2.45, 2.75) is 19.6 Å². The summed E-state index contributed by atoms with van der Waals surface area (Å²) in [5.74, 6) is 0.590. The van der Waals surface area contributed by atoms with E-state index in [2.05, 4.69) is 15.6 Å². The minimum atomic E-state index is -4.32. The van der Waals surface area contributed by atoms with E-state index in [-0.39, 0.29) is 6.54 Å². The van der Waals surface area contributed by atoms with E-state index in [0.717, 1.165) is 12.1 Å². The van der Waals surface area contributed by atoms with Crippen molar-refractivity contribution in [3.05, 3.63) is 35.4 Å². The Labute approximate surface area is 140 Å². The van der Waals surface area contributed by atoms with Gasteiger partial charge in [0, 0.05) is 20.2 Å². The van der Waals surface area contributed by atoms with Crippen molar-refractivity contribution in [1.82, 2.24) is 10.6 Å². The molecule has 0 saturated heterocycles. The number of hydrogen-bond acceptors (Lipinski definition) is 3. The molecule has 0 bridgehead atoms. The summed E-state index contributed by atoms with van der Waals surface area (Å²) in [7, 11) is 1.61. The monoisotopic (exact) mass is 347 g/mol. The molecule has 0 aromatic heterocycles. The number of rotatable bonds is 9. The van der Waals surface area contributed by atoms with Gasteiger partial charge in [0.15, 0.2) is 5.96 Å². The average molecular weight is 347 g/mol. The van der Waals surface area contributed by atoms with E-state index in [4.69, 9.17) is 9.47 Å². The fourth-order valence-electron chi connectivity index (χ4n) is 1.80. The Morgan fingerprint density at radius 3 is 2.38 bits per heavy atom. The quantitative estimate of drug-likeness (QED) is 0.409. The lowest BCUT2D eigenvalue weighted by atomic mass is 10.1. The minimum absolute atomic E-state index is 0.290. The summed E-state index contributed by atoms with van der Waals surface area (Å²) in [6.07, 6.45) is -4.32. The zero-order chi connectivity index (χ0) is 17.8. The lowest BCUT2D eigenvalue weighted by molar-refractivity contribution is -0.137. The van der Waals surface area contributed by atoms with Crippen LogP contribution < -0.4 is 10.6 Å². The van der Waals surface area contributed by atoms with Crippen LogP contribution in [0.3, 0.4) is 0 Å². The number of nitrogens with zero attached hydrogens (tertiary/aromatic N) is 1. The van der Waals surface area contributed by atoms with Gasteiger partial charge in [0.2, 0.25) is 0 Å². The number of methoxy groups -OCH3 is 1. The number of hydrogen-bond donors (Lipinski definition) is 2. The summed E-state index contributed by atoms with van der Waals surface area (Å²) < 4.78 is 47.8. The van der Waals surface area contributed by atoms with Crippen LogP contribution in [0.25, 0.3) is 0 Å². The molecule has 2 N–H and O–H groups in total. The molecule has 1 aromatic carbocycles. The van der Waals surface area contributed by atoms with Crippen molar-refractivity contribution < 1.29 is 22.6 Å². The third-order valence-corrected chi connectivity index (χ3v) is 3.02. The van der Waals surface area contributed by atoms with Crippen LogP contribution in [0.1, 0.15) is 18.1 Å². The maximum absolute atomic E-state index is 12.5. The number of benzene rings is 1. The van der Waals surface area contributed by atoms with Gasteiger partial charge in [0.05, 0.1) is 31.9 Å². The van der Waals surface area contributed by atoms with Gasteiger partial charge >= 0.3 is 6.18 Å². The van der Waals surface area contributed by atoms with E-state index in [1.54, 1.807) is 7.11 Å². The van der Waals surface area contributed by atoms with E-state index in [1.807, 2.05) is 6.92 Å². The highest BCUT2D eigenvalue weighted by molar-refractivity contribution is 5.79. The number of guanidine groups is 1. The van der Waals surface area contributed by atoms with Gasteiger partial charge in [-0.1, -0.05) is 12.1 Å². The highest BCUT2D eigenvalue weighted by atomic mass is 19.4. The van der Waals surface area contributed by atoms with E-state index in [9.17, 15) is 13.2 Å². The smallest absolute Gasteiger partial charge is 0.382 e. The van der Waals surface area contributed by atoms with Crippen LogP contribution in [0.2, 0.25) is 0 Å². The molecule has 0 amide bonds. The molecule has 5 nitrogen and oxygen atoms in total.